The molecular weight excluding hydrogens is 302 g/mol. The number of rotatable bonds is 3. The number of hydrogen-bond acceptors (Lipinski definition) is 5. The molecule has 5 nitrogen and oxygen atoms in total. The highest BCUT2D eigenvalue weighted by molar-refractivity contribution is 7.17. The van der Waals surface area contributed by atoms with Crippen LogP contribution in [-0.2, 0) is 11.3 Å². The van der Waals surface area contributed by atoms with Crippen LogP contribution >= 0.6 is 11.3 Å². The minimum absolute atomic E-state index is 0.215. The number of thiophene rings is 1. The molecule has 0 saturated carbocycles. The van der Waals surface area contributed by atoms with Gasteiger partial charge < -0.3 is 4.74 Å². The molecule has 0 N–H and O–H groups in total. The van der Waals surface area contributed by atoms with Crippen molar-refractivity contribution in [2.75, 3.05) is 6.61 Å². The second kappa shape index (κ2) is 5.73. The molecule has 2 amide bonds. The molecule has 0 spiro atoms. The molecule has 0 unspecified atom stereocenters. The molecule has 3 rings (SSSR count). The topological polar surface area (TPSA) is 63.7 Å². The Kier molecular flexibility index (Phi) is 3.77. The number of nitrogens with zero attached hydrogens (tertiary/aromatic N) is 1. The molecular formula is C16H13NO4S. The van der Waals surface area contributed by atoms with E-state index in [1.54, 1.807) is 19.1 Å². The molecule has 0 saturated heterocycles. The van der Waals surface area contributed by atoms with Crippen molar-refractivity contribution >= 4 is 29.6 Å². The third kappa shape index (κ3) is 2.42. The van der Waals surface area contributed by atoms with Crippen LogP contribution in [0.4, 0.5) is 4.79 Å². The van der Waals surface area contributed by atoms with E-state index in [0.717, 1.165) is 27.2 Å². The first-order valence-corrected chi connectivity index (χ1v) is 7.62. The van der Waals surface area contributed by atoms with Gasteiger partial charge in [-0.25, -0.2) is 9.69 Å². The SMILES string of the molecule is CCOC(=O)N1Cc2cc(-c3ccc(C=O)s3)ccc2C1=O. The molecule has 22 heavy (non-hydrogen) atoms. The Morgan fingerprint density at radius 3 is 2.86 bits per heavy atom. The summed E-state index contributed by atoms with van der Waals surface area (Å²) in [6.07, 6.45) is 0.192. The standard InChI is InChI=1S/C16H13NO4S/c1-2-21-16(20)17-8-11-7-10(3-5-13(11)15(17)19)14-6-4-12(9-18)22-14/h3-7,9H,2,8H2,1H3. The predicted molar refractivity (Wildman–Crippen MR) is 82.0 cm³/mol. The van der Waals surface area contributed by atoms with Crippen molar-refractivity contribution < 1.29 is 19.1 Å². The zero-order chi connectivity index (χ0) is 15.7. The van der Waals surface area contributed by atoms with Gasteiger partial charge in [0, 0.05) is 10.4 Å². The molecule has 1 aliphatic rings. The van der Waals surface area contributed by atoms with Crippen LogP contribution in [0.1, 0.15) is 32.5 Å². The van der Waals surface area contributed by atoms with Gasteiger partial charge in [-0.05, 0) is 42.3 Å². The lowest BCUT2D eigenvalue weighted by Gasteiger charge is -2.12. The number of fused-ring (bicyclic) bond motifs is 1. The molecule has 2 aromatic rings. The van der Waals surface area contributed by atoms with E-state index in [2.05, 4.69) is 0 Å². The summed E-state index contributed by atoms with van der Waals surface area (Å²) in [5.74, 6) is -0.334. The Balaban J connectivity index is 1.91. The Labute approximate surface area is 131 Å². The number of ether oxygens (including phenoxy) is 1. The number of carbonyl (C=O) groups excluding carboxylic acids is 3. The summed E-state index contributed by atoms with van der Waals surface area (Å²) in [6, 6.07) is 9.05. The van der Waals surface area contributed by atoms with Gasteiger partial charge in [0.2, 0.25) is 0 Å². The molecule has 0 aliphatic carbocycles. The van der Waals surface area contributed by atoms with E-state index in [-0.39, 0.29) is 19.1 Å². The normalized spacial score (nSPS) is 13.1. The van der Waals surface area contributed by atoms with Crippen LogP contribution in [0.5, 0.6) is 0 Å². The number of benzene rings is 1. The number of imide groups is 1. The zero-order valence-electron chi connectivity index (χ0n) is 11.9. The van der Waals surface area contributed by atoms with Gasteiger partial charge >= 0.3 is 6.09 Å². The first-order valence-electron chi connectivity index (χ1n) is 6.81. The average Bonchev–Trinajstić information content (AvgIpc) is 3.12. The van der Waals surface area contributed by atoms with E-state index >= 15 is 0 Å². The second-order valence-corrected chi connectivity index (χ2v) is 5.90. The first kappa shape index (κ1) is 14.5. The number of aldehydes is 1. The van der Waals surface area contributed by atoms with Gasteiger partial charge in [-0.2, -0.15) is 0 Å². The maximum absolute atomic E-state index is 12.2. The summed E-state index contributed by atoms with van der Waals surface area (Å²) in [5.41, 5.74) is 2.23. The quantitative estimate of drug-likeness (QED) is 0.815. The lowest BCUT2D eigenvalue weighted by Crippen LogP contribution is -2.31. The summed E-state index contributed by atoms with van der Waals surface area (Å²) in [7, 11) is 0. The van der Waals surface area contributed by atoms with E-state index in [1.165, 1.54) is 11.3 Å². The van der Waals surface area contributed by atoms with E-state index in [0.29, 0.717) is 10.4 Å². The zero-order valence-corrected chi connectivity index (χ0v) is 12.7. The third-order valence-electron chi connectivity index (χ3n) is 3.42. The lowest BCUT2D eigenvalue weighted by atomic mass is 10.1. The Morgan fingerprint density at radius 2 is 2.18 bits per heavy atom. The highest BCUT2D eigenvalue weighted by atomic mass is 32.1. The monoisotopic (exact) mass is 315 g/mol. The van der Waals surface area contributed by atoms with Crippen LogP contribution in [0, 0.1) is 0 Å². The van der Waals surface area contributed by atoms with Gasteiger partial charge in [-0.1, -0.05) is 6.07 Å². The second-order valence-electron chi connectivity index (χ2n) is 4.78. The minimum atomic E-state index is -0.621. The predicted octanol–water partition coefficient (Wildman–Crippen LogP) is 3.34. The molecule has 1 aromatic heterocycles. The van der Waals surface area contributed by atoms with Gasteiger partial charge in [0.05, 0.1) is 18.0 Å². The highest BCUT2D eigenvalue weighted by Crippen LogP contribution is 2.32. The van der Waals surface area contributed by atoms with Crippen LogP contribution in [0.15, 0.2) is 30.3 Å². The summed E-state index contributed by atoms with van der Waals surface area (Å²) >= 11 is 1.39. The number of hydrogen-bond donors (Lipinski definition) is 0. The van der Waals surface area contributed by atoms with Crippen LogP contribution in [0.25, 0.3) is 10.4 Å². The molecule has 2 heterocycles. The van der Waals surface area contributed by atoms with Crippen molar-refractivity contribution in [2.45, 2.75) is 13.5 Å². The Hall–Kier alpha value is -2.47. The van der Waals surface area contributed by atoms with Crippen molar-refractivity contribution in [3.8, 4) is 10.4 Å². The van der Waals surface area contributed by atoms with E-state index in [4.69, 9.17) is 4.74 Å². The summed E-state index contributed by atoms with van der Waals surface area (Å²) in [6.45, 7) is 2.14. The Bertz CT molecular complexity index is 765. The van der Waals surface area contributed by atoms with E-state index in [1.807, 2.05) is 18.2 Å². The smallest absolute Gasteiger partial charge is 0.417 e. The fourth-order valence-corrected chi connectivity index (χ4v) is 3.21. The van der Waals surface area contributed by atoms with Crippen molar-refractivity contribution in [3.05, 3.63) is 46.3 Å². The van der Waals surface area contributed by atoms with Gasteiger partial charge in [0.25, 0.3) is 5.91 Å². The summed E-state index contributed by atoms with van der Waals surface area (Å²) in [4.78, 5) is 37.4. The molecule has 0 atom stereocenters. The highest BCUT2D eigenvalue weighted by Gasteiger charge is 2.33. The fraction of sp³-hybridized carbons (Fsp3) is 0.188. The van der Waals surface area contributed by atoms with Crippen LogP contribution in [-0.4, -0.2) is 29.8 Å². The summed E-state index contributed by atoms with van der Waals surface area (Å²) in [5, 5.41) is 0. The van der Waals surface area contributed by atoms with Crippen molar-refractivity contribution in [2.24, 2.45) is 0 Å². The number of carbonyl (C=O) groups is 3. The molecule has 0 fully saturated rings. The van der Waals surface area contributed by atoms with Gasteiger partial charge in [0.15, 0.2) is 6.29 Å². The third-order valence-corrected chi connectivity index (χ3v) is 4.48. The van der Waals surface area contributed by atoms with Crippen molar-refractivity contribution in [1.29, 1.82) is 0 Å². The van der Waals surface area contributed by atoms with Gasteiger partial charge in [-0.3, -0.25) is 9.59 Å². The van der Waals surface area contributed by atoms with Crippen molar-refractivity contribution in [3.63, 3.8) is 0 Å². The average molecular weight is 315 g/mol. The Morgan fingerprint density at radius 1 is 1.36 bits per heavy atom. The first-order chi connectivity index (χ1) is 10.6. The number of amides is 2. The molecule has 112 valence electrons. The molecule has 0 radical (unpaired) electrons. The van der Waals surface area contributed by atoms with Crippen LogP contribution in [0.3, 0.4) is 0 Å². The van der Waals surface area contributed by atoms with Gasteiger partial charge in [0.1, 0.15) is 0 Å². The maximum Gasteiger partial charge on any atom is 0.417 e. The minimum Gasteiger partial charge on any atom is -0.449 e. The summed E-state index contributed by atoms with van der Waals surface area (Å²) < 4.78 is 4.89. The van der Waals surface area contributed by atoms with E-state index < -0.39 is 6.09 Å². The lowest BCUT2D eigenvalue weighted by molar-refractivity contribution is 0.0693. The van der Waals surface area contributed by atoms with Crippen LogP contribution in [0.2, 0.25) is 0 Å². The molecule has 1 aliphatic heterocycles. The maximum atomic E-state index is 12.2. The largest absolute Gasteiger partial charge is 0.449 e. The molecule has 6 heteroatoms. The van der Waals surface area contributed by atoms with Crippen LogP contribution < -0.4 is 0 Å². The van der Waals surface area contributed by atoms with Gasteiger partial charge in [-0.15, -0.1) is 11.3 Å². The van der Waals surface area contributed by atoms with E-state index in [9.17, 15) is 14.4 Å². The molecule has 1 aromatic carbocycles. The fourth-order valence-electron chi connectivity index (χ4n) is 2.39. The molecule has 0 bridgehead atoms. The van der Waals surface area contributed by atoms with Crippen molar-refractivity contribution in [1.82, 2.24) is 4.90 Å².